The van der Waals surface area contributed by atoms with Gasteiger partial charge in [0.05, 0.1) is 0 Å². The summed E-state index contributed by atoms with van der Waals surface area (Å²) in [7, 11) is 0. The van der Waals surface area contributed by atoms with Crippen molar-refractivity contribution in [2.24, 2.45) is 0 Å². The molecule has 12 heavy (non-hydrogen) atoms. The first-order chi connectivity index (χ1) is 5.74. The van der Waals surface area contributed by atoms with Crippen LogP contribution in [0.2, 0.25) is 0 Å². The quantitative estimate of drug-likeness (QED) is 0.591. The second kappa shape index (κ2) is 6.09. The summed E-state index contributed by atoms with van der Waals surface area (Å²) in [5, 5.41) is 6.89. The summed E-state index contributed by atoms with van der Waals surface area (Å²) in [6.07, 6.45) is 2.39. The van der Waals surface area contributed by atoms with Crippen molar-refractivity contribution in [2.45, 2.75) is 13.3 Å². The van der Waals surface area contributed by atoms with Gasteiger partial charge >= 0.3 is 0 Å². The summed E-state index contributed by atoms with van der Waals surface area (Å²) in [5.41, 5.74) is 6.37. The first-order valence-electron chi connectivity index (χ1n) is 3.38. The Morgan fingerprint density at radius 2 is 2.25 bits per heavy atom. The zero-order chi connectivity index (χ0) is 9.40. The Kier molecular flexibility index (Phi) is 5.25. The first-order valence-corrected chi connectivity index (χ1v) is 3.38. The summed E-state index contributed by atoms with van der Waals surface area (Å²) in [6.45, 7) is 1.78. The monoisotopic (exact) mass is 169 g/mol. The van der Waals surface area contributed by atoms with Gasteiger partial charge in [-0.05, 0) is 6.42 Å². The van der Waals surface area contributed by atoms with Crippen molar-refractivity contribution in [1.29, 1.82) is 0 Å². The molecule has 0 aliphatic rings. The first kappa shape index (κ1) is 10.3. The molecule has 3 N–H and O–H groups in total. The Morgan fingerprint density at radius 1 is 1.67 bits per heavy atom. The van der Waals surface area contributed by atoms with Gasteiger partial charge in [-0.25, -0.2) is 9.97 Å². The van der Waals surface area contributed by atoms with Crippen molar-refractivity contribution in [3.05, 3.63) is 18.1 Å². The molecular weight excluding hydrogens is 158 g/mol. The number of rotatable bonds is 1. The van der Waals surface area contributed by atoms with Crippen molar-refractivity contribution < 1.29 is 9.90 Å². The van der Waals surface area contributed by atoms with Crippen LogP contribution in [0.4, 0.5) is 5.82 Å². The maximum atomic E-state index is 8.36. The zero-order valence-corrected chi connectivity index (χ0v) is 6.77. The molecule has 1 rings (SSSR count). The van der Waals surface area contributed by atoms with Gasteiger partial charge in [0.15, 0.2) is 0 Å². The number of carbonyl (C=O) groups is 1. The lowest BCUT2D eigenvalue weighted by Crippen LogP contribution is -1.93. The van der Waals surface area contributed by atoms with E-state index in [2.05, 4.69) is 9.97 Å². The Labute approximate surface area is 70.3 Å². The van der Waals surface area contributed by atoms with Crippen molar-refractivity contribution in [1.82, 2.24) is 9.97 Å². The lowest BCUT2D eigenvalue weighted by atomic mass is 10.3. The van der Waals surface area contributed by atoms with Crippen LogP contribution in [0.1, 0.15) is 12.6 Å². The maximum Gasteiger partial charge on any atom is 0.290 e. The number of anilines is 1. The van der Waals surface area contributed by atoms with Gasteiger partial charge in [-0.1, -0.05) is 6.92 Å². The van der Waals surface area contributed by atoms with Crippen molar-refractivity contribution >= 4 is 12.3 Å². The van der Waals surface area contributed by atoms with Crippen molar-refractivity contribution in [3.8, 4) is 0 Å². The number of hydrogen-bond donors (Lipinski definition) is 2. The molecule has 0 radical (unpaired) electrons. The van der Waals surface area contributed by atoms with E-state index in [1.165, 1.54) is 6.33 Å². The van der Waals surface area contributed by atoms with E-state index in [0.29, 0.717) is 5.82 Å². The number of aromatic nitrogens is 2. The molecule has 0 atom stereocenters. The molecule has 0 amide bonds. The third-order valence-electron chi connectivity index (χ3n) is 1.11. The highest BCUT2D eigenvalue weighted by Crippen LogP contribution is 1.97. The topological polar surface area (TPSA) is 89.1 Å². The molecule has 0 aliphatic heterocycles. The molecule has 0 saturated carbocycles. The van der Waals surface area contributed by atoms with Crippen LogP contribution in [0.3, 0.4) is 0 Å². The molecular formula is C7H11N3O2. The molecule has 1 aromatic heterocycles. The standard InChI is InChI=1S/C6H9N3.CH2O2/c1-2-5-3-6(7)9-4-8-5;2-1-3/h3-4H,2H2,1H3,(H2,7,8,9);1H,(H,2,3). The van der Waals surface area contributed by atoms with E-state index in [-0.39, 0.29) is 6.47 Å². The third kappa shape index (κ3) is 4.21. The average molecular weight is 169 g/mol. The van der Waals surface area contributed by atoms with Crippen LogP contribution in [0.5, 0.6) is 0 Å². The number of nitrogen functional groups attached to an aromatic ring is 1. The fourth-order valence-corrected chi connectivity index (χ4v) is 0.608. The van der Waals surface area contributed by atoms with Crippen LogP contribution in [-0.4, -0.2) is 21.5 Å². The Bertz CT molecular complexity index is 240. The van der Waals surface area contributed by atoms with Crippen LogP contribution in [0.15, 0.2) is 12.4 Å². The predicted molar refractivity (Wildman–Crippen MR) is 44.5 cm³/mol. The molecule has 1 aromatic rings. The van der Waals surface area contributed by atoms with Gasteiger partial charge in [-0.15, -0.1) is 0 Å². The van der Waals surface area contributed by atoms with Crippen LogP contribution >= 0.6 is 0 Å². The molecule has 5 heteroatoms. The number of nitrogens with two attached hydrogens (primary N) is 1. The van der Waals surface area contributed by atoms with E-state index in [1.807, 2.05) is 6.92 Å². The molecule has 0 aliphatic carbocycles. The van der Waals surface area contributed by atoms with Gasteiger partial charge < -0.3 is 10.8 Å². The molecule has 0 spiro atoms. The fourth-order valence-electron chi connectivity index (χ4n) is 0.608. The van der Waals surface area contributed by atoms with E-state index in [0.717, 1.165) is 12.1 Å². The van der Waals surface area contributed by atoms with E-state index < -0.39 is 0 Å². The summed E-state index contributed by atoms with van der Waals surface area (Å²) in [5.74, 6) is 0.543. The Hall–Kier alpha value is -1.65. The summed E-state index contributed by atoms with van der Waals surface area (Å²) >= 11 is 0. The number of hydrogen-bond acceptors (Lipinski definition) is 4. The van der Waals surface area contributed by atoms with Gasteiger partial charge in [0.2, 0.25) is 0 Å². The van der Waals surface area contributed by atoms with Crippen LogP contribution in [-0.2, 0) is 11.2 Å². The van der Waals surface area contributed by atoms with Crippen molar-refractivity contribution in [2.75, 3.05) is 5.73 Å². The fraction of sp³-hybridized carbons (Fsp3) is 0.286. The van der Waals surface area contributed by atoms with Gasteiger partial charge in [-0.3, -0.25) is 4.79 Å². The minimum atomic E-state index is -0.250. The van der Waals surface area contributed by atoms with Gasteiger partial charge in [0.1, 0.15) is 12.1 Å². The van der Waals surface area contributed by atoms with Crippen LogP contribution in [0.25, 0.3) is 0 Å². The van der Waals surface area contributed by atoms with Gasteiger partial charge in [0, 0.05) is 11.8 Å². The lowest BCUT2D eigenvalue weighted by molar-refractivity contribution is -0.122. The third-order valence-corrected chi connectivity index (χ3v) is 1.11. The largest absolute Gasteiger partial charge is 0.483 e. The Balaban J connectivity index is 0.000000354. The second-order valence-electron chi connectivity index (χ2n) is 1.89. The average Bonchev–Trinajstić information content (AvgIpc) is 2.06. The van der Waals surface area contributed by atoms with Gasteiger partial charge in [-0.2, -0.15) is 0 Å². The zero-order valence-electron chi connectivity index (χ0n) is 6.77. The molecule has 5 nitrogen and oxygen atoms in total. The molecule has 0 unspecified atom stereocenters. The van der Waals surface area contributed by atoms with Crippen LogP contribution in [0, 0.1) is 0 Å². The Morgan fingerprint density at radius 3 is 2.58 bits per heavy atom. The number of aryl methyl sites for hydroxylation is 1. The molecule has 66 valence electrons. The van der Waals surface area contributed by atoms with E-state index >= 15 is 0 Å². The highest BCUT2D eigenvalue weighted by Gasteiger charge is 1.89. The molecule has 0 saturated heterocycles. The molecule has 0 fully saturated rings. The normalized spacial score (nSPS) is 8.08. The molecule has 0 aromatic carbocycles. The predicted octanol–water partition coefficient (Wildman–Crippen LogP) is 0.322. The van der Waals surface area contributed by atoms with Crippen LogP contribution < -0.4 is 5.73 Å². The smallest absolute Gasteiger partial charge is 0.290 e. The van der Waals surface area contributed by atoms with E-state index in [9.17, 15) is 0 Å². The van der Waals surface area contributed by atoms with Gasteiger partial charge in [0.25, 0.3) is 6.47 Å². The summed E-state index contributed by atoms with van der Waals surface area (Å²) in [4.78, 5) is 16.1. The minimum Gasteiger partial charge on any atom is -0.483 e. The summed E-state index contributed by atoms with van der Waals surface area (Å²) < 4.78 is 0. The second-order valence-corrected chi connectivity index (χ2v) is 1.89. The number of nitrogens with zero attached hydrogens (tertiary/aromatic N) is 2. The summed E-state index contributed by atoms with van der Waals surface area (Å²) in [6, 6.07) is 1.78. The van der Waals surface area contributed by atoms with Crippen molar-refractivity contribution in [3.63, 3.8) is 0 Å². The number of carboxylic acid groups (broad SMARTS) is 1. The minimum absolute atomic E-state index is 0.250. The maximum absolute atomic E-state index is 8.36. The highest BCUT2D eigenvalue weighted by molar-refractivity contribution is 5.32. The molecule has 1 heterocycles. The molecule has 0 bridgehead atoms. The van der Waals surface area contributed by atoms with E-state index in [4.69, 9.17) is 15.6 Å². The SMILES string of the molecule is CCc1cc(N)ncn1.O=CO. The van der Waals surface area contributed by atoms with E-state index in [1.54, 1.807) is 6.07 Å². The highest BCUT2D eigenvalue weighted by atomic mass is 16.3. The lowest BCUT2D eigenvalue weighted by Gasteiger charge is -1.93.